The second kappa shape index (κ2) is 4.90. The van der Waals surface area contributed by atoms with E-state index in [2.05, 4.69) is 34.7 Å². The molecule has 5 heteroatoms. The molecule has 1 aromatic carbocycles. The van der Waals surface area contributed by atoms with Crippen molar-refractivity contribution >= 4 is 27.6 Å². The van der Waals surface area contributed by atoms with E-state index in [1.807, 2.05) is 0 Å². The zero-order chi connectivity index (χ0) is 13.4. The Morgan fingerprint density at radius 2 is 2.22 bits per heavy atom. The topological polar surface area (TPSA) is 60.8 Å². The molecule has 2 N–H and O–H groups in total. The van der Waals surface area contributed by atoms with Gasteiger partial charge < -0.3 is 15.1 Å². The van der Waals surface area contributed by atoms with E-state index >= 15 is 0 Å². The summed E-state index contributed by atoms with van der Waals surface area (Å²) in [6.45, 7) is 4.20. The summed E-state index contributed by atoms with van der Waals surface area (Å²) >= 11 is 3.45. The quantitative estimate of drug-likeness (QED) is 0.898. The number of anilines is 1. The molecule has 2 rings (SSSR count). The molecule has 1 aliphatic rings. The summed E-state index contributed by atoms with van der Waals surface area (Å²) in [4.78, 5) is 13.2. The molecular weight excluding hydrogens is 298 g/mol. The number of carbonyl (C=O) groups is 1. The fourth-order valence-electron chi connectivity index (χ4n) is 2.59. The van der Waals surface area contributed by atoms with Crippen LogP contribution < -0.4 is 4.90 Å². The first-order chi connectivity index (χ1) is 8.45. The number of hydrogen-bond donors (Lipinski definition) is 2. The molecule has 0 saturated carbocycles. The number of nitrogens with zero attached hydrogens (tertiary/aromatic N) is 1. The van der Waals surface area contributed by atoms with Gasteiger partial charge in [0.25, 0.3) is 0 Å². The number of aliphatic hydroxyl groups is 1. The van der Waals surface area contributed by atoms with Crippen LogP contribution in [-0.2, 0) is 6.42 Å². The minimum Gasteiger partial charge on any atom is -0.478 e. The zero-order valence-electron chi connectivity index (χ0n) is 10.4. The van der Waals surface area contributed by atoms with Crippen molar-refractivity contribution in [2.45, 2.75) is 32.4 Å². The molecule has 18 heavy (non-hydrogen) atoms. The van der Waals surface area contributed by atoms with Gasteiger partial charge in [-0.2, -0.15) is 0 Å². The van der Waals surface area contributed by atoms with E-state index in [-0.39, 0.29) is 24.3 Å². The molecule has 0 spiro atoms. The van der Waals surface area contributed by atoms with Gasteiger partial charge in [-0.25, -0.2) is 4.79 Å². The van der Waals surface area contributed by atoms with Crippen molar-refractivity contribution in [3.8, 4) is 0 Å². The van der Waals surface area contributed by atoms with Crippen LogP contribution in [0.5, 0.6) is 0 Å². The largest absolute Gasteiger partial charge is 0.478 e. The molecular formula is C13H16BrNO3. The molecule has 0 aliphatic carbocycles. The van der Waals surface area contributed by atoms with Gasteiger partial charge in [-0.05, 0) is 53.9 Å². The molecule has 0 aromatic heterocycles. The van der Waals surface area contributed by atoms with Crippen molar-refractivity contribution in [3.63, 3.8) is 0 Å². The number of carboxylic acid groups (broad SMARTS) is 1. The molecule has 0 radical (unpaired) electrons. The first-order valence-corrected chi connectivity index (χ1v) is 6.70. The van der Waals surface area contributed by atoms with Crippen LogP contribution in [0.1, 0.15) is 29.8 Å². The fourth-order valence-corrected chi connectivity index (χ4v) is 3.30. The van der Waals surface area contributed by atoms with Crippen molar-refractivity contribution in [2.24, 2.45) is 0 Å². The molecule has 1 heterocycles. The summed E-state index contributed by atoms with van der Waals surface area (Å²) in [5, 5.41) is 18.5. The van der Waals surface area contributed by atoms with Crippen LogP contribution in [0.4, 0.5) is 5.69 Å². The highest BCUT2D eigenvalue weighted by Crippen LogP contribution is 2.40. The third-order valence-electron chi connectivity index (χ3n) is 3.26. The lowest BCUT2D eigenvalue weighted by Gasteiger charge is -2.31. The van der Waals surface area contributed by atoms with Crippen LogP contribution in [-0.4, -0.2) is 34.9 Å². The van der Waals surface area contributed by atoms with Crippen LogP contribution >= 0.6 is 15.9 Å². The Kier molecular flexibility index (Phi) is 3.64. The van der Waals surface area contributed by atoms with Crippen molar-refractivity contribution in [1.29, 1.82) is 0 Å². The summed E-state index contributed by atoms with van der Waals surface area (Å²) in [6, 6.07) is 3.61. The Morgan fingerprint density at radius 1 is 1.56 bits per heavy atom. The summed E-state index contributed by atoms with van der Waals surface area (Å²) in [5.74, 6) is -0.929. The first kappa shape index (κ1) is 13.4. The fraction of sp³-hybridized carbons (Fsp3) is 0.462. The van der Waals surface area contributed by atoms with E-state index in [1.54, 1.807) is 12.1 Å². The van der Waals surface area contributed by atoms with Gasteiger partial charge in [0, 0.05) is 10.5 Å². The molecule has 4 nitrogen and oxygen atoms in total. The van der Waals surface area contributed by atoms with Crippen LogP contribution in [0.25, 0.3) is 0 Å². The molecule has 98 valence electrons. The number of fused-ring (bicyclic) bond motifs is 1. The van der Waals surface area contributed by atoms with E-state index in [9.17, 15) is 9.90 Å². The number of benzene rings is 1. The number of aromatic carboxylic acids is 1. The van der Waals surface area contributed by atoms with Gasteiger partial charge in [0.2, 0.25) is 0 Å². The number of hydrogen-bond acceptors (Lipinski definition) is 3. The molecule has 1 atom stereocenters. The van der Waals surface area contributed by atoms with E-state index in [1.165, 1.54) is 0 Å². The Morgan fingerprint density at radius 3 is 2.72 bits per heavy atom. The normalized spacial score (nSPS) is 18.3. The summed E-state index contributed by atoms with van der Waals surface area (Å²) in [7, 11) is 0. The molecule has 1 aliphatic heterocycles. The molecule has 0 amide bonds. The van der Waals surface area contributed by atoms with Crippen molar-refractivity contribution in [3.05, 3.63) is 27.7 Å². The van der Waals surface area contributed by atoms with Crippen molar-refractivity contribution in [2.75, 3.05) is 11.5 Å². The van der Waals surface area contributed by atoms with Gasteiger partial charge in [-0.15, -0.1) is 0 Å². The van der Waals surface area contributed by atoms with Gasteiger partial charge in [0.05, 0.1) is 23.9 Å². The van der Waals surface area contributed by atoms with Crippen molar-refractivity contribution in [1.82, 2.24) is 0 Å². The average Bonchev–Trinajstić information content (AvgIpc) is 2.67. The second-order valence-corrected chi connectivity index (χ2v) is 5.67. The van der Waals surface area contributed by atoms with Gasteiger partial charge in [0.15, 0.2) is 0 Å². The van der Waals surface area contributed by atoms with E-state index < -0.39 is 5.97 Å². The minimum absolute atomic E-state index is 0.0281. The van der Waals surface area contributed by atoms with Crippen LogP contribution in [0.3, 0.4) is 0 Å². The third-order valence-corrected chi connectivity index (χ3v) is 3.87. The van der Waals surface area contributed by atoms with Gasteiger partial charge in [0.1, 0.15) is 0 Å². The van der Waals surface area contributed by atoms with Crippen LogP contribution in [0.15, 0.2) is 16.6 Å². The van der Waals surface area contributed by atoms with E-state index in [4.69, 9.17) is 5.11 Å². The average molecular weight is 314 g/mol. The van der Waals surface area contributed by atoms with Crippen molar-refractivity contribution < 1.29 is 15.0 Å². The molecule has 0 saturated heterocycles. The Bertz CT molecular complexity index is 487. The summed E-state index contributed by atoms with van der Waals surface area (Å²) < 4.78 is 0.780. The Labute approximate surface area is 114 Å². The highest BCUT2D eigenvalue weighted by atomic mass is 79.9. The van der Waals surface area contributed by atoms with Crippen LogP contribution in [0.2, 0.25) is 0 Å². The maximum Gasteiger partial charge on any atom is 0.335 e. The highest BCUT2D eigenvalue weighted by molar-refractivity contribution is 9.10. The second-order valence-electron chi connectivity index (χ2n) is 4.81. The van der Waals surface area contributed by atoms with Gasteiger partial charge >= 0.3 is 5.97 Å². The van der Waals surface area contributed by atoms with Gasteiger partial charge in [-0.3, -0.25) is 0 Å². The maximum atomic E-state index is 11.0. The third kappa shape index (κ3) is 2.12. The summed E-state index contributed by atoms with van der Waals surface area (Å²) in [6.07, 6.45) is 0.684. The number of halogens is 1. The minimum atomic E-state index is -0.929. The highest BCUT2D eigenvalue weighted by Gasteiger charge is 2.33. The van der Waals surface area contributed by atoms with Gasteiger partial charge in [-0.1, -0.05) is 0 Å². The first-order valence-electron chi connectivity index (χ1n) is 5.90. The lowest BCUT2D eigenvalue weighted by Crippen LogP contribution is -2.40. The maximum absolute atomic E-state index is 11.0. The lowest BCUT2D eigenvalue weighted by molar-refractivity contribution is 0.0696. The molecule has 1 unspecified atom stereocenters. The SMILES string of the molecule is CC(C)N1c2c(Br)cc(C(=O)O)cc2CC1CO. The lowest BCUT2D eigenvalue weighted by atomic mass is 10.1. The molecule has 0 fully saturated rings. The predicted molar refractivity (Wildman–Crippen MR) is 73.3 cm³/mol. The molecule has 1 aromatic rings. The summed E-state index contributed by atoms with van der Waals surface area (Å²) in [5.41, 5.74) is 2.27. The van der Waals surface area contributed by atoms with E-state index in [0.29, 0.717) is 6.42 Å². The van der Waals surface area contributed by atoms with Crippen LogP contribution in [0, 0.1) is 0 Å². The predicted octanol–water partition coefficient (Wildman–Crippen LogP) is 2.28. The zero-order valence-corrected chi connectivity index (χ0v) is 11.9. The monoisotopic (exact) mass is 313 g/mol. The molecule has 0 bridgehead atoms. The Balaban J connectivity index is 2.52. The number of carboxylic acids is 1. The number of rotatable bonds is 3. The number of aliphatic hydroxyl groups excluding tert-OH is 1. The smallest absolute Gasteiger partial charge is 0.335 e. The van der Waals surface area contributed by atoms with E-state index in [0.717, 1.165) is 15.7 Å². The standard InChI is InChI=1S/C13H16BrNO3/c1-7(2)15-10(6-16)4-8-3-9(13(17)18)5-11(14)12(8)15/h3,5,7,10,16H,4,6H2,1-2H3,(H,17,18). The Hall–Kier alpha value is -1.07.